The number of morpholine rings is 1. The highest BCUT2D eigenvalue weighted by molar-refractivity contribution is 5.80. The Hall–Kier alpha value is -1.82. The molecule has 2 heterocycles. The van der Waals surface area contributed by atoms with Gasteiger partial charge in [0.05, 0.1) is 19.3 Å². The number of hydrogen-bond acceptors (Lipinski definition) is 4. The predicted octanol–water partition coefficient (Wildman–Crippen LogP) is 3.58. The van der Waals surface area contributed by atoms with Crippen LogP contribution in [0.25, 0.3) is 0 Å². The Bertz CT molecular complexity index is 608. The van der Waals surface area contributed by atoms with E-state index in [1.807, 2.05) is 6.20 Å². The molecule has 1 saturated heterocycles. The number of aliphatic imine (C=N–C) groups is 1. The topological polar surface area (TPSA) is 61.8 Å². The second-order valence-corrected chi connectivity index (χ2v) is 8.99. The molecule has 2 unspecified atom stereocenters. The van der Waals surface area contributed by atoms with Crippen molar-refractivity contribution in [3.8, 4) is 0 Å². The van der Waals surface area contributed by atoms with Crippen molar-refractivity contribution >= 4 is 11.8 Å². The van der Waals surface area contributed by atoms with Crippen molar-refractivity contribution in [1.82, 2.24) is 15.6 Å². The molecule has 158 valence electrons. The number of nitrogens with zero attached hydrogens (tertiary/aromatic N) is 3. The van der Waals surface area contributed by atoms with Gasteiger partial charge in [0.1, 0.15) is 5.82 Å². The lowest BCUT2D eigenvalue weighted by atomic mass is 9.89. The van der Waals surface area contributed by atoms with Crippen molar-refractivity contribution in [2.75, 3.05) is 31.1 Å². The van der Waals surface area contributed by atoms with Crippen LogP contribution >= 0.6 is 0 Å². The van der Waals surface area contributed by atoms with Crippen molar-refractivity contribution in [2.45, 2.75) is 73.1 Å². The minimum atomic E-state index is 0.258. The Morgan fingerprint density at radius 3 is 2.79 bits per heavy atom. The molecule has 1 fully saturated rings. The summed E-state index contributed by atoms with van der Waals surface area (Å²) >= 11 is 0. The van der Waals surface area contributed by atoms with E-state index in [0.717, 1.165) is 50.0 Å². The SMILES string of the molecule is CCNC(=NCc1ccc(N2CCOC(C)C2)nc1)NC(C)CCC(C)(C)C. The smallest absolute Gasteiger partial charge is 0.191 e. The van der Waals surface area contributed by atoms with E-state index in [9.17, 15) is 0 Å². The number of rotatable bonds is 7. The molecule has 2 N–H and O–H groups in total. The first-order valence-electron chi connectivity index (χ1n) is 10.6. The third-order valence-electron chi connectivity index (χ3n) is 4.85. The molecule has 1 aliphatic rings. The molecule has 0 aromatic carbocycles. The van der Waals surface area contributed by atoms with Crippen molar-refractivity contribution in [1.29, 1.82) is 0 Å². The van der Waals surface area contributed by atoms with Crippen molar-refractivity contribution in [3.63, 3.8) is 0 Å². The second kappa shape index (κ2) is 10.6. The van der Waals surface area contributed by atoms with Crippen LogP contribution in [0, 0.1) is 5.41 Å². The summed E-state index contributed by atoms with van der Waals surface area (Å²) in [4.78, 5) is 11.7. The molecule has 6 nitrogen and oxygen atoms in total. The van der Waals surface area contributed by atoms with Gasteiger partial charge in [-0.05, 0) is 50.7 Å². The fourth-order valence-corrected chi connectivity index (χ4v) is 3.17. The third-order valence-corrected chi connectivity index (χ3v) is 4.85. The molecule has 0 aliphatic carbocycles. The van der Waals surface area contributed by atoms with Gasteiger partial charge in [-0.3, -0.25) is 0 Å². The lowest BCUT2D eigenvalue weighted by molar-refractivity contribution is 0.0529. The molecule has 0 saturated carbocycles. The van der Waals surface area contributed by atoms with Gasteiger partial charge in [0, 0.05) is 31.9 Å². The summed E-state index contributed by atoms with van der Waals surface area (Å²) in [5, 5.41) is 6.87. The molecule has 28 heavy (non-hydrogen) atoms. The zero-order valence-corrected chi connectivity index (χ0v) is 18.6. The van der Waals surface area contributed by atoms with E-state index in [4.69, 9.17) is 9.73 Å². The van der Waals surface area contributed by atoms with Crippen LogP contribution in [-0.2, 0) is 11.3 Å². The van der Waals surface area contributed by atoms with Crippen molar-refractivity contribution in [3.05, 3.63) is 23.9 Å². The molecular weight excluding hydrogens is 350 g/mol. The van der Waals surface area contributed by atoms with Crippen LogP contribution < -0.4 is 15.5 Å². The zero-order valence-electron chi connectivity index (χ0n) is 18.6. The zero-order chi connectivity index (χ0) is 20.6. The van der Waals surface area contributed by atoms with Crippen molar-refractivity contribution < 1.29 is 4.74 Å². The molecule has 1 aromatic heterocycles. The Morgan fingerprint density at radius 2 is 2.18 bits per heavy atom. The average molecular weight is 390 g/mol. The molecule has 2 rings (SSSR count). The lowest BCUT2D eigenvalue weighted by Gasteiger charge is -2.32. The van der Waals surface area contributed by atoms with Gasteiger partial charge in [0.2, 0.25) is 0 Å². The maximum absolute atomic E-state index is 5.61. The first-order chi connectivity index (χ1) is 13.3. The fourth-order valence-electron chi connectivity index (χ4n) is 3.17. The summed E-state index contributed by atoms with van der Waals surface area (Å²) in [7, 11) is 0. The van der Waals surface area contributed by atoms with Crippen LogP contribution in [-0.4, -0.2) is 49.3 Å². The van der Waals surface area contributed by atoms with E-state index >= 15 is 0 Å². The highest BCUT2D eigenvalue weighted by atomic mass is 16.5. The number of pyridine rings is 1. The number of anilines is 1. The van der Waals surface area contributed by atoms with Crippen LogP contribution in [0.5, 0.6) is 0 Å². The van der Waals surface area contributed by atoms with Gasteiger partial charge in [-0.1, -0.05) is 26.8 Å². The Balaban J connectivity index is 1.90. The third kappa shape index (κ3) is 8.05. The van der Waals surface area contributed by atoms with Gasteiger partial charge in [0.15, 0.2) is 5.96 Å². The van der Waals surface area contributed by atoms with Gasteiger partial charge in [-0.15, -0.1) is 0 Å². The predicted molar refractivity (Wildman–Crippen MR) is 118 cm³/mol. The minimum absolute atomic E-state index is 0.258. The fraction of sp³-hybridized carbons (Fsp3) is 0.727. The average Bonchev–Trinajstić information content (AvgIpc) is 2.64. The molecule has 6 heteroatoms. The van der Waals surface area contributed by atoms with Crippen molar-refractivity contribution in [2.24, 2.45) is 10.4 Å². The molecule has 1 aromatic rings. The van der Waals surface area contributed by atoms with Crippen LogP contribution in [0.4, 0.5) is 5.82 Å². The highest BCUT2D eigenvalue weighted by Crippen LogP contribution is 2.21. The Morgan fingerprint density at radius 1 is 1.39 bits per heavy atom. The van der Waals surface area contributed by atoms with E-state index in [-0.39, 0.29) is 6.10 Å². The van der Waals surface area contributed by atoms with Gasteiger partial charge in [0.25, 0.3) is 0 Å². The van der Waals surface area contributed by atoms with E-state index in [1.54, 1.807) is 0 Å². The summed E-state index contributed by atoms with van der Waals surface area (Å²) in [5.41, 5.74) is 1.47. The maximum Gasteiger partial charge on any atom is 0.191 e. The monoisotopic (exact) mass is 389 g/mol. The number of guanidine groups is 1. The summed E-state index contributed by atoms with van der Waals surface area (Å²) in [6.07, 6.45) is 4.51. The van der Waals surface area contributed by atoms with Gasteiger partial charge in [-0.25, -0.2) is 9.98 Å². The Kier molecular flexibility index (Phi) is 8.55. The van der Waals surface area contributed by atoms with E-state index in [0.29, 0.717) is 18.0 Å². The summed E-state index contributed by atoms with van der Waals surface area (Å²) < 4.78 is 5.61. The quantitative estimate of drug-likeness (QED) is 0.551. The molecule has 0 radical (unpaired) electrons. The number of nitrogens with one attached hydrogen (secondary N) is 2. The summed E-state index contributed by atoms with van der Waals surface area (Å²) in [6.45, 7) is 17.3. The maximum atomic E-state index is 5.61. The first-order valence-corrected chi connectivity index (χ1v) is 10.6. The Labute approximate surface area is 171 Å². The molecular formula is C22H39N5O. The van der Waals surface area contributed by atoms with Gasteiger partial charge >= 0.3 is 0 Å². The molecule has 1 aliphatic heterocycles. The molecule has 0 amide bonds. The number of hydrogen-bond donors (Lipinski definition) is 2. The normalized spacial score (nSPS) is 19.4. The molecule has 0 bridgehead atoms. The largest absolute Gasteiger partial charge is 0.375 e. The minimum Gasteiger partial charge on any atom is -0.375 e. The summed E-state index contributed by atoms with van der Waals surface area (Å²) in [6, 6.07) is 4.61. The van der Waals surface area contributed by atoms with Gasteiger partial charge < -0.3 is 20.3 Å². The van der Waals surface area contributed by atoms with Crippen LogP contribution in [0.2, 0.25) is 0 Å². The number of aromatic nitrogens is 1. The number of ether oxygens (including phenoxy) is 1. The standard InChI is InChI=1S/C22H39N5O/c1-7-23-21(26-17(2)10-11-22(4,5)6)25-15-19-8-9-20(24-14-19)27-12-13-28-18(3)16-27/h8-9,14,17-18H,7,10-13,15-16H2,1-6H3,(H2,23,25,26). The molecule has 0 spiro atoms. The van der Waals surface area contributed by atoms with E-state index in [1.165, 1.54) is 6.42 Å². The van der Waals surface area contributed by atoms with Crippen LogP contribution in [0.3, 0.4) is 0 Å². The van der Waals surface area contributed by atoms with E-state index < -0.39 is 0 Å². The first kappa shape index (κ1) is 22.5. The lowest BCUT2D eigenvalue weighted by Crippen LogP contribution is -2.42. The molecule has 2 atom stereocenters. The van der Waals surface area contributed by atoms with Crippen LogP contribution in [0.15, 0.2) is 23.3 Å². The summed E-state index contributed by atoms with van der Waals surface area (Å²) in [5.74, 6) is 1.89. The van der Waals surface area contributed by atoms with Crippen LogP contribution in [0.1, 0.15) is 59.9 Å². The second-order valence-electron chi connectivity index (χ2n) is 8.99. The highest BCUT2D eigenvalue weighted by Gasteiger charge is 2.17. The van der Waals surface area contributed by atoms with E-state index in [2.05, 4.69) is 74.2 Å². The van der Waals surface area contributed by atoms with Gasteiger partial charge in [-0.2, -0.15) is 0 Å².